The molecule has 0 aliphatic carbocycles. The maximum atomic E-state index is 5.36. The molecule has 7 heteroatoms. The van der Waals surface area contributed by atoms with Gasteiger partial charge in [-0.2, -0.15) is 0 Å². The lowest BCUT2D eigenvalue weighted by Crippen LogP contribution is -2.27. The van der Waals surface area contributed by atoms with Crippen molar-refractivity contribution in [2.45, 2.75) is 13.5 Å². The van der Waals surface area contributed by atoms with Crippen LogP contribution >= 0.6 is 28.1 Å². The summed E-state index contributed by atoms with van der Waals surface area (Å²) in [7, 11) is 4.77. The summed E-state index contributed by atoms with van der Waals surface area (Å²) < 4.78 is 17.1. The lowest BCUT2D eigenvalue weighted by molar-refractivity contribution is 0.323. The SMILES string of the molecule is COc1cc(CNC(=S)Nc2ccc(Br)c(C)c2)cc(OC)c1OC. The number of hydrogen-bond donors (Lipinski definition) is 2. The van der Waals surface area contributed by atoms with Crippen molar-refractivity contribution in [1.29, 1.82) is 0 Å². The van der Waals surface area contributed by atoms with E-state index in [4.69, 9.17) is 26.4 Å². The van der Waals surface area contributed by atoms with Gasteiger partial charge in [-0.25, -0.2) is 0 Å². The molecular weight excluding hydrogens is 404 g/mol. The molecule has 0 spiro atoms. The number of ether oxygens (including phenoxy) is 3. The van der Waals surface area contributed by atoms with Crippen molar-refractivity contribution >= 4 is 38.9 Å². The molecule has 25 heavy (non-hydrogen) atoms. The number of thiocarbonyl (C=S) groups is 1. The van der Waals surface area contributed by atoms with Crippen molar-refractivity contribution in [3.05, 3.63) is 45.9 Å². The molecule has 0 aliphatic rings. The monoisotopic (exact) mass is 424 g/mol. The Morgan fingerprint density at radius 2 is 1.68 bits per heavy atom. The predicted molar refractivity (Wildman–Crippen MR) is 108 cm³/mol. The van der Waals surface area contributed by atoms with Gasteiger partial charge in [0.05, 0.1) is 21.3 Å². The molecule has 134 valence electrons. The largest absolute Gasteiger partial charge is 0.493 e. The summed E-state index contributed by atoms with van der Waals surface area (Å²) in [5.74, 6) is 1.79. The van der Waals surface area contributed by atoms with Crippen LogP contribution in [0.25, 0.3) is 0 Å². The van der Waals surface area contributed by atoms with Crippen LogP contribution in [0.2, 0.25) is 0 Å². The first kappa shape index (κ1) is 19.3. The van der Waals surface area contributed by atoms with Gasteiger partial charge >= 0.3 is 0 Å². The number of aryl methyl sites for hydroxylation is 1. The molecule has 0 saturated carbocycles. The van der Waals surface area contributed by atoms with Gasteiger partial charge in [-0.15, -0.1) is 0 Å². The highest BCUT2D eigenvalue weighted by atomic mass is 79.9. The fourth-order valence-electron chi connectivity index (χ4n) is 2.32. The zero-order chi connectivity index (χ0) is 18.4. The highest BCUT2D eigenvalue weighted by Crippen LogP contribution is 2.38. The Labute approximate surface area is 161 Å². The van der Waals surface area contributed by atoms with Crippen molar-refractivity contribution < 1.29 is 14.2 Å². The zero-order valence-corrected chi connectivity index (χ0v) is 17.0. The highest BCUT2D eigenvalue weighted by Gasteiger charge is 2.13. The van der Waals surface area contributed by atoms with E-state index in [-0.39, 0.29) is 0 Å². The number of rotatable bonds is 6. The fraction of sp³-hybridized carbons (Fsp3) is 0.278. The van der Waals surface area contributed by atoms with Gasteiger partial charge in [0.25, 0.3) is 0 Å². The molecule has 0 aromatic heterocycles. The van der Waals surface area contributed by atoms with Crippen molar-refractivity contribution in [3.8, 4) is 17.2 Å². The first-order chi connectivity index (χ1) is 12.0. The van der Waals surface area contributed by atoms with Crippen LogP contribution in [0.4, 0.5) is 5.69 Å². The summed E-state index contributed by atoms with van der Waals surface area (Å²) in [4.78, 5) is 0. The minimum absolute atomic E-state index is 0.526. The molecule has 0 bridgehead atoms. The molecule has 0 aliphatic heterocycles. The molecule has 5 nitrogen and oxygen atoms in total. The Kier molecular flexibility index (Phi) is 6.90. The molecule has 0 atom stereocenters. The highest BCUT2D eigenvalue weighted by molar-refractivity contribution is 9.10. The van der Waals surface area contributed by atoms with Crippen LogP contribution in [0, 0.1) is 6.92 Å². The zero-order valence-electron chi connectivity index (χ0n) is 14.6. The van der Waals surface area contributed by atoms with Gasteiger partial charge in [0, 0.05) is 16.7 Å². The standard InChI is InChI=1S/C18H21BrN2O3S/c1-11-7-13(5-6-14(11)19)21-18(25)20-10-12-8-15(22-2)17(24-4)16(9-12)23-3/h5-9H,10H2,1-4H3,(H2,20,21,25). The number of halogens is 1. The van der Waals surface area contributed by atoms with Gasteiger partial charge in [-0.1, -0.05) is 15.9 Å². The minimum Gasteiger partial charge on any atom is -0.493 e. The quantitative estimate of drug-likeness (QED) is 0.675. The second-order valence-electron chi connectivity index (χ2n) is 5.31. The summed E-state index contributed by atoms with van der Waals surface area (Å²) in [5, 5.41) is 6.89. The first-order valence-electron chi connectivity index (χ1n) is 7.58. The lowest BCUT2D eigenvalue weighted by atomic mass is 10.2. The third-order valence-corrected chi connectivity index (χ3v) is 4.73. The average molecular weight is 425 g/mol. The Hall–Kier alpha value is -1.99. The van der Waals surface area contributed by atoms with Gasteiger partial charge in [0.2, 0.25) is 5.75 Å². The van der Waals surface area contributed by atoms with Crippen LogP contribution in [-0.4, -0.2) is 26.4 Å². The second-order valence-corrected chi connectivity index (χ2v) is 6.57. The van der Waals surface area contributed by atoms with Crippen molar-refractivity contribution in [3.63, 3.8) is 0 Å². The van der Waals surface area contributed by atoms with Gasteiger partial charge < -0.3 is 24.8 Å². The second kappa shape index (κ2) is 8.92. The van der Waals surface area contributed by atoms with E-state index in [2.05, 4.69) is 26.6 Å². The smallest absolute Gasteiger partial charge is 0.203 e. The third-order valence-electron chi connectivity index (χ3n) is 3.59. The maximum absolute atomic E-state index is 5.36. The summed E-state index contributed by atoms with van der Waals surface area (Å²) >= 11 is 8.85. The van der Waals surface area contributed by atoms with Gasteiger partial charge in [-0.05, 0) is 60.6 Å². The van der Waals surface area contributed by atoms with Crippen LogP contribution in [0.3, 0.4) is 0 Å². The number of benzene rings is 2. The van der Waals surface area contributed by atoms with E-state index in [1.54, 1.807) is 21.3 Å². The predicted octanol–water partition coefficient (Wildman–Crippen LogP) is 4.27. The number of methoxy groups -OCH3 is 3. The number of hydrogen-bond acceptors (Lipinski definition) is 4. The lowest BCUT2D eigenvalue weighted by Gasteiger charge is -2.15. The van der Waals surface area contributed by atoms with Gasteiger partial charge in [0.15, 0.2) is 16.6 Å². The van der Waals surface area contributed by atoms with E-state index < -0.39 is 0 Å². The van der Waals surface area contributed by atoms with E-state index in [1.165, 1.54) is 0 Å². The molecule has 0 radical (unpaired) electrons. The van der Waals surface area contributed by atoms with E-state index in [0.717, 1.165) is 21.3 Å². The van der Waals surface area contributed by atoms with E-state index >= 15 is 0 Å². The minimum atomic E-state index is 0.526. The summed E-state index contributed by atoms with van der Waals surface area (Å²) in [6.07, 6.45) is 0. The summed E-state index contributed by atoms with van der Waals surface area (Å²) in [6.45, 7) is 2.56. The molecule has 2 aromatic carbocycles. The topological polar surface area (TPSA) is 51.8 Å². The summed E-state index contributed by atoms with van der Waals surface area (Å²) in [5.41, 5.74) is 3.03. The van der Waals surface area contributed by atoms with E-state index in [9.17, 15) is 0 Å². The van der Waals surface area contributed by atoms with E-state index in [1.807, 2.05) is 37.3 Å². The molecule has 0 unspecified atom stereocenters. The van der Waals surface area contributed by atoms with Crippen LogP contribution in [0.1, 0.15) is 11.1 Å². The van der Waals surface area contributed by atoms with Crippen molar-refractivity contribution in [1.82, 2.24) is 5.32 Å². The van der Waals surface area contributed by atoms with Crippen LogP contribution in [-0.2, 0) is 6.54 Å². The van der Waals surface area contributed by atoms with Crippen molar-refractivity contribution in [2.75, 3.05) is 26.6 Å². The third kappa shape index (κ3) is 4.99. The molecule has 0 fully saturated rings. The number of nitrogens with one attached hydrogen (secondary N) is 2. The summed E-state index contributed by atoms with van der Waals surface area (Å²) in [6, 6.07) is 9.75. The molecule has 0 heterocycles. The molecule has 2 N–H and O–H groups in total. The average Bonchev–Trinajstić information content (AvgIpc) is 2.62. The molecule has 2 rings (SSSR count). The fourth-order valence-corrected chi connectivity index (χ4v) is 2.75. The van der Waals surface area contributed by atoms with Crippen LogP contribution < -0.4 is 24.8 Å². The normalized spacial score (nSPS) is 10.1. The van der Waals surface area contributed by atoms with Gasteiger partial charge in [-0.3, -0.25) is 0 Å². The molecule has 0 saturated heterocycles. The van der Waals surface area contributed by atoms with Crippen LogP contribution in [0.15, 0.2) is 34.8 Å². The number of anilines is 1. The van der Waals surface area contributed by atoms with Gasteiger partial charge in [0.1, 0.15) is 0 Å². The Morgan fingerprint density at radius 3 is 2.20 bits per heavy atom. The Bertz CT molecular complexity index is 743. The Morgan fingerprint density at radius 1 is 1.04 bits per heavy atom. The molecule has 2 aromatic rings. The first-order valence-corrected chi connectivity index (χ1v) is 8.78. The Balaban J connectivity index is 2.04. The molecule has 0 amide bonds. The van der Waals surface area contributed by atoms with E-state index in [0.29, 0.717) is 28.9 Å². The molecular formula is C18H21BrN2O3S. The maximum Gasteiger partial charge on any atom is 0.203 e. The van der Waals surface area contributed by atoms with Crippen LogP contribution in [0.5, 0.6) is 17.2 Å². The van der Waals surface area contributed by atoms with Crippen molar-refractivity contribution in [2.24, 2.45) is 0 Å².